The number of rotatable bonds is 9. The third-order valence-electron chi connectivity index (χ3n) is 4.09. The number of likely N-dealkylation sites (N-methyl/N-ethyl adjacent to an activating group) is 1. The van der Waals surface area contributed by atoms with E-state index >= 15 is 0 Å². The molecule has 0 radical (unpaired) electrons. The number of hydrogen-bond acceptors (Lipinski definition) is 5. The zero-order valence-electron chi connectivity index (χ0n) is 16.8. The first-order chi connectivity index (χ1) is 13.9. The van der Waals surface area contributed by atoms with Gasteiger partial charge in [-0.25, -0.2) is 0 Å². The van der Waals surface area contributed by atoms with Gasteiger partial charge in [0.2, 0.25) is 17.7 Å². The van der Waals surface area contributed by atoms with E-state index in [1.54, 1.807) is 37.4 Å². The Kier molecular flexibility index (Phi) is 8.02. The van der Waals surface area contributed by atoms with E-state index in [1.807, 2.05) is 25.1 Å². The van der Waals surface area contributed by atoms with Crippen LogP contribution in [0.25, 0.3) is 0 Å². The molecule has 0 heterocycles. The summed E-state index contributed by atoms with van der Waals surface area (Å²) in [5.74, 6) is -0.0243. The second kappa shape index (κ2) is 10.7. The fraction of sp³-hybridized carbons (Fsp3) is 0.286. The standard InChI is InChI=1S/C21H26N4O4/c1-4-25(21(28)13-22-18-7-5-6-8-19(18)29-3)14-20(27)24-17-11-9-16(10-12-17)23-15(2)26/h5-12,22H,4,13-14H2,1-3H3,(H,23,26)(H,24,27). The Bertz CT molecular complexity index is 852. The Balaban J connectivity index is 1.88. The summed E-state index contributed by atoms with van der Waals surface area (Å²) >= 11 is 0. The molecule has 8 nitrogen and oxygen atoms in total. The van der Waals surface area contributed by atoms with E-state index < -0.39 is 0 Å². The van der Waals surface area contributed by atoms with Gasteiger partial charge in [-0.15, -0.1) is 0 Å². The van der Waals surface area contributed by atoms with Crippen LogP contribution in [0.3, 0.4) is 0 Å². The van der Waals surface area contributed by atoms with Crippen LogP contribution in [0.4, 0.5) is 17.1 Å². The molecule has 0 aliphatic heterocycles. The highest BCUT2D eigenvalue weighted by Gasteiger charge is 2.16. The van der Waals surface area contributed by atoms with Gasteiger partial charge in [-0.2, -0.15) is 0 Å². The van der Waals surface area contributed by atoms with Crippen molar-refractivity contribution in [1.82, 2.24) is 4.90 Å². The minimum atomic E-state index is -0.301. The molecule has 0 saturated carbocycles. The van der Waals surface area contributed by atoms with Gasteiger partial charge < -0.3 is 25.6 Å². The molecule has 0 spiro atoms. The van der Waals surface area contributed by atoms with Crippen LogP contribution in [0.1, 0.15) is 13.8 Å². The van der Waals surface area contributed by atoms with Gasteiger partial charge in [0.05, 0.1) is 25.9 Å². The zero-order valence-corrected chi connectivity index (χ0v) is 16.8. The molecule has 0 unspecified atom stereocenters. The highest BCUT2D eigenvalue weighted by atomic mass is 16.5. The van der Waals surface area contributed by atoms with E-state index in [9.17, 15) is 14.4 Å². The third-order valence-corrected chi connectivity index (χ3v) is 4.09. The first-order valence-electron chi connectivity index (χ1n) is 9.25. The van der Waals surface area contributed by atoms with Crippen molar-refractivity contribution in [3.63, 3.8) is 0 Å². The SMILES string of the molecule is CCN(CC(=O)Nc1ccc(NC(C)=O)cc1)C(=O)CNc1ccccc1OC. The van der Waals surface area contributed by atoms with Crippen molar-refractivity contribution in [3.05, 3.63) is 48.5 Å². The number of carbonyl (C=O) groups excluding carboxylic acids is 3. The van der Waals surface area contributed by atoms with E-state index in [0.29, 0.717) is 29.4 Å². The van der Waals surface area contributed by atoms with Crippen LogP contribution in [0.15, 0.2) is 48.5 Å². The number of anilines is 3. The Hall–Kier alpha value is -3.55. The Labute approximate surface area is 170 Å². The van der Waals surface area contributed by atoms with Gasteiger partial charge in [0.15, 0.2) is 0 Å². The quantitative estimate of drug-likeness (QED) is 0.603. The van der Waals surface area contributed by atoms with Gasteiger partial charge in [0.25, 0.3) is 0 Å². The van der Waals surface area contributed by atoms with E-state index in [0.717, 1.165) is 0 Å². The first kappa shape index (κ1) is 21.7. The van der Waals surface area contributed by atoms with Gasteiger partial charge >= 0.3 is 0 Å². The van der Waals surface area contributed by atoms with Crippen LogP contribution in [0.2, 0.25) is 0 Å². The maximum atomic E-state index is 12.5. The highest BCUT2D eigenvalue weighted by Crippen LogP contribution is 2.22. The predicted molar refractivity (Wildman–Crippen MR) is 113 cm³/mol. The number of nitrogens with one attached hydrogen (secondary N) is 3. The van der Waals surface area contributed by atoms with Crippen LogP contribution in [0, 0.1) is 0 Å². The van der Waals surface area contributed by atoms with Crippen LogP contribution in [0.5, 0.6) is 5.75 Å². The number of methoxy groups -OCH3 is 1. The molecular weight excluding hydrogens is 372 g/mol. The largest absolute Gasteiger partial charge is 0.495 e. The molecule has 3 N–H and O–H groups in total. The van der Waals surface area contributed by atoms with Crippen molar-refractivity contribution >= 4 is 34.8 Å². The molecule has 154 valence electrons. The Morgan fingerprint density at radius 1 is 0.966 bits per heavy atom. The van der Waals surface area contributed by atoms with Crippen molar-refractivity contribution in [1.29, 1.82) is 0 Å². The lowest BCUT2D eigenvalue weighted by Crippen LogP contribution is -2.40. The number of benzene rings is 2. The average molecular weight is 398 g/mol. The third kappa shape index (κ3) is 6.84. The molecule has 2 aromatic rings. The van der Waals surface area contributed by atoms with E-state index in [4.69, 9.17) is 4.74 Å². The van der Waals surface area contributed by atoms with E-state index in [2.05, 4.69) is 16.0 Å². The molecule has 0 atom stereocenters. The molecule has 0 aliphatic rings. The number of hydrogen-bond donors (Lipinski definition) is 3. The summed E-state index contributed by atoms with van der Waals surface area (Å²) in [5, 5.41) is 8.45. The maximum Gasteiger partial charge on any atom is 0.243 e. The van der Waals surface area contributed by atoms with Crippen LogP contribution in [-0.4, -0.2) is 49.4 Å². The van der Waals surface area contributed by atoms with E-state index in [-0.39, 0.29) is 30.8 Å². The number of nitrogens with zero attached hydrogens (tertiary/aromatic N) is 1. The summed E-state index contributed by atoms with van der Waals surface area (Å²) in [6, 6.07) is 14.1. The summed E-state index contributed by atoms with van der Waals surface area (Å²) in [5.41, 5.74) is 1.94. The predicted octanol–water partition coefficient (Wildman–Crippen LogP) is 2.55. The lowest BCUT2D eigenvalue weighted by Gasteiger charge is -2.21. The molecule has 0 bridgehead atoms. The van der Waals surface area contributed by atoms with Crippen LogP contribution >= 0.6 is 0 Å². The van der Waals surface area contributed by atoms with Gasteiger partial charge in [-0.05, 0) is 43.3 Å². The van der Waals surface area contributed by atoms with Crippen LogP contribution in [-0.2, 0) is 14.4 Å². The van der Waals surface area contributed by atoms with Gasteiger partial charge in [0, 0.05) is 24.8 Å². The van der Waals surface area contributed by atoms with Crippen molar-refractivity contribution in [2.45, 2.75) is 13.8 Å². The molecular formula is C21H26N4O4. The molecule has 2 rings (SSSR count). The molecule has 8 heteroatoms. The zero-order chi connectivity index (χ0) is 21.2. The first-order valence-corrected chi connectivity index (χ1v) is 9.25. The Morgan fingerprint density at radius 3 is 2.17 bits per heavy atom. The average Bonchev–Trinajstić information content (AvgIpc) is 2.71. The molecule has 0 saturated heterocycles. The van der Waals surface area contributed by atoms with Gasteiger partial charge in [0.1, 0.15) is 5.75 Å². The maximum absolute atomic E-state index is 12.5. The van der Waals surface area contributed by atoms with Gasteiger partial charge in [-0.3, -0.25) is 14.4 Å². The van der Waals surface area contributed by atoms with E-state index in [1.165, 1.54) is 11.8 Å². The van der Waals surface area contributed by atoms with Gasteiger partial charge in [-0.1, -0.05) is 12.1 Å². The minimum Gasteiger partial charge on any atom is -0.495 e. The summed E-state index contributed by atoms with van der Waals surface area (Å²) in [4.78, 5) is 37.3. The number of para-hydroxylation sites is 2. The van der Waals surface area contributed by atoms with Crippen molar-refractivity contribution < 1.29 is 19.1 Å². The summed E-state index contributed by atoms with van der Waals surface area (Å²) in [6.45, 7) is 3.63. The van der Waals surface area contributed by atoms with Crippen molar-refractivity contribution in [2.24, 2.45) is 0 Å². The summed E-state index contributed by atoms with van der Waals surface area (Å²) < 4.78 is 5.25. The smallest absolute Gasteiger partial charge is 0.243 e. The fourth-order valence-corrected chi connectivity index (χ4v) is 2.66. The molecule has 29 heavy (non-hydrogen) atoms. The summed E-state index contributed by atoms with van der Waals surface area (Å²) in [7, 11) is 1.56. The number of ether oxygens (including phenoxy) is 1. The second-order valence-electron chi connectivity index (χ2n) is 6.27. The Morgan fingerprint density at radius 2 is 1.59 bits per heavy atom. The van der Waals surface area contributed by atoms with Crippen molar-refractivity contribution in [3.8, 4) is 5.75 Å². The minimum absolute atomic E-state index is 0.0485. The van der Waals surface area contributed by atoms with Crippen LogP contribution < -0.4 is 20.7 Å². The normalized spacial score (nSPS) is 10.0. The summed E-state index contributed by atoms with van der Waals surface area (Å²) in [6.07, 6.45) is 0. The fourth-order valence-electron chi connectivity index (χ4n) is 2.66. The molecule has 2 aromatic carbocycles. The topological polar surface area (TPSA) is 99.8 Å². The molecule has 3 amide bonds. The molecule has 0 fully saturated rings. The molecule has 0 aromatic heterocycles. The lowest BCUT2D eigenvalue weighted by atomic mass is 10.2. The monoisotopic (exact) mass is 398 g/mol. The molecule has 0 aliphatic carbocycles. The van der Waals surface area contributed by atoms with Crippen molar-refractivity contribution in [2.75, 3.05) is 42.7 Å². The highest BCUT2D eigenvalue weighted by molar-refractivity contribution is 5.95. The lowest BCUT2D eigenvalue weighted by molar-refractivity contribution is -0.132. The second-order valence-corrected chi connectivity index (χ2v) is 6.27. The number of amides is 3. The number of carbonyl (C=O) groups is 3.